The summed E-state index contributed by atoms with van der Waals surface area (Å²) < 4.78 is 0. The van der Waals surface area contributed by atoms with Crippen molar-refractivity contribution >= 4 is 40.0 Å². The Hall–Kier alpha value is -0.240. The van der Waals surface area contributed by atoms with E-state index in [1.165, 1.54) is 0 Å². The van der Waals surface area contributed by atoms with Crippen LogP contribution in [-0.4, -0.2) is 5.24 Å². The fourth-order valence-electron chi connectivity index (χ4n) is 1.03. The van der Waals surface area contributed by atoms with Gasteiger partial charge in [0.05, 0.1) is 5.41 Å². The SMILES string of the molecule is CC(C)(C(=O)Cl)c1cc(Cl)cc(Cl)c1. The molecule has 1 nitrogen and oxygen atoms in total. The van der Waals surface area contributed by atoms with Crippen molar-refractivity contribution in [2.75, 3.05) is 0 Å². The van der Waals surface area contributed by atoms with Crippen LogP contribution in [0.4, 0.5) is 0 Å². The summed E-state index contributed by atoms with van der Waals surface area (Å²) in [5, 5.41) is 0.563. The maximum Gasteiger partial charge on any atom is 0.231 e. The first-order valence-electron chi connectivity index (χ1n) is 4.00. The molecule has 0 heterocycles. The lowest BCUT2D eigenvalue weighted by Gasteiger charge is -2.20. The van der Waals surface area contributed by atoms with Gasteiger partial charge in [-0.1, -0.05) is 23.2 Å². The van der Waals surface area contributed by atoms with E-state index in [-0.39, 0.29) is 0 Å². The smallest absolute Gasteiger partial charge is 0.231 e. The van der Waals surface area contributed by atoms with E-state index >= 15 is 0 Å². The van der Waals surface area contributed by atoms with Crippen LogP contribution < -0.4 is 0 Å². The van der Waals surface area contributed by atoms with Crippen molar-refractivity contribution in [2.45, 2.75) is 19.3 Å². The maximum atomic E-state index is 11.2. The summed E-state index contributed by atoms with van der Waals surface area (Å²) in [5.41, 5.74) is -0.0502. The van der Waals surface area contributed by atoms with Crippen molar-refractivity contribution in [1.29, 1.82) is 0 Å². The van der Waals surface area contributed by atoms with E-state index in [0.29, 0.717) is 10.0 Å². The highest BCUT2D eigenvalue weighted by Crippen LogP contribution is 2.30. The summed E-state index contributed by atoms with van der Waals surface area (Å²) >= 11 is 17.1. The lowest BCUT2D eigenvalue weighted by atomic mass is 9.86. The van der Waals surface area contributed by atoms with Crippen LogP contribution in [0.2, 0.25) is 10.0 Å². The van der Waals surface area contributed by atoms with Gasteiger partial charge in [0, 0.05) is 10.0 Å². The molecule has 0 aliphatic carbocycles. The fraction of sp³-hybridized carbons (Fsp3) is 0.300. The molecule has 0 spiro atoms. The lowest BCUT2D eigenvalue weighted by molar-refractivity contribution is -0.115. The molecule has 0 aliphatic heterocycles. The van der Waals surface area contributed by atoms with Gasteiger partial charge in [-0.15, -0.1) is 0 Å². The van der Waals surface area contributed by atoms with E-state index in [2.05, 4.69) is 0 Å². The Bertz CT molecular complexity index is 351. The van der Waals surface area contributed by atoms with Crippen LogP contribution in [0.1, 0.15) is 19.4 Å². The molecule has 14 heavy (non-hydrogen) atoms. The van der Waals surface area contributed by atoms with Crippen LogP contribution >= 0.6 is 34.8 Å². The highest BCUT2D eigenvalue weighted by Gasteiger charge is 2.28. The first-order chi connectivity index (χ1) is 6.34. The molecule has 0 saturated heterocycles. The van der Waals surface area contributed by atoms with Gasteiger partial charge in [-0.3, -0.25) is 4.79 Å². The predicted molar refractivity (Wildman–Crippen MR) is 60.3 cm³/mol. The van der Waals surface area contributed by atoms with Gasteiger partial charge in [-0.25, -0.2) is 0 Å². The molecule has 0 radical (unpaired) electrons. The van der Waals surface area contributed by atoms with Crippen LogP contribution in [0.5, 0.6) is 0 Å². The normalized spacial score (nSPS) is 11.5. The molecular weight excluding hydrogens is 242 g/mol. The van der Waals surface area contributed by atoms with E-state index in [1.54, 1.807) is 32.0 Å². The van der Waals surface area contributed by atoms with Crippen LogP contribution in [0.3, 0.4) is 0 Å². The highest BCUT2D eigenvalue weighted by molar-refractivity contribution is 6.65. The Labute approximate surface area is 98.0 Å². The topological polar surface area (TPSA) is 17.1 Å². The molecule has 0 amide bonds. The van der Waals surface area contributed by atoms with E-state index in [1.807, 2.05) is 0 Å². The molecule has 4 heteroatoms. The van der Waals surface area contributed by atoms with Gasteiger partial charge in [0.15, 0.2) is 0 Å². The zero-order valence-electron chi connectivity index (χ0n) is 7.77. The summed E-state index contributed by atoms with van der Waals surface area (Å²) in [7, 11) is 0. The third-order valence-electron chi connectivity index (χ3n) is 2.08. The molecule has 0 bridgehead atoms. The largest absolute Gasteiger partial charge is 0.280 e. The fourth-order valence-corrected chi connectivity index (χ4v) is 1.66. The monoisotopic (exact) mass is 250 g/mol. The van der Waals surface area contributed by atoms with Crippen molar-refractivity contribution in [3.05, 3.63) is 33.8 Å². The molecule has 76 valence electrons. The second kappa shape index (κ2) is 4.09. The summed E-state index contributed by atoms with van der Waals surface area (Å²) in [6, 6.07) is 4.99. The summed E-state index contributed by atoms with van der Waals surface area (Å²) in [4.78, 5) is 11.2. The number of halogens is 3. The predicted octanol–water partition coefficient (Wildman–Crippen LogP) is 4.04. The maximum absolute atomic E-state index is 11.2. The van der Waals surface area contributed by atoms with Gasteiger partial charge in [-0.2, -0.15) is 0 Å². The number of benzene rings is 1. The van der Waals surface area contributed by atoms with Gasteiger partial charge in [0.1, 0.15) is 0 Å². The number of hydrogen-bond acceptors (Lipinski definition) is 1. The van der Waals surface area contributed by atoms with Crippen molar-refractivity contribution in [2.24, 2.45) is 0 Å². The zero-order chi connectivity index (χ0) is 10.9. The van der Waals surface area contributed by atoms with Gasteiger partial charge >= 0.3 is 0 Å². The Morgan fingerprint density at radius 3 is 1.93 bits per heavy atom. The molecule has 1 rings (SSSR count). The quantitative estimate of drug-likeness (QED) is 0.725. The number of carbonyl (C=O) groups is 1. The second-order valence-corrected chi connectivity index (χ2v) is 4.77. The number of hydrogen-bond donors (Lipinski definition) is 0. The third kappa shape index (κ3) is 2.41. The molecule has 0 unspecified atom stereocenters. The average Bonchev–Trinajstić information content (AvgIpc) is 2.01. The first kappa shape index (κ1) is 11.8. The Kier molecular flexibility index (Phi) is 3.46. The van der Waals surface area contributed by atoms with Gasteiger partial charge in [0.2, 0.25) is 5.24 Å². The first-order valence-corrected chi connectivity index (χ1v) is 5.14. The summed E-state index contributed by atoms with van der Waals surface area (Å²) in [5.74, 6) is 0. The van der Waals surface area contributed by atoms with Gasteiger partial charge in [-0.05, 0) is 49.2 Å². The average molecular weight is 252 g/mol. The van der Waals surface area contributed by atoms with Crippen molar-refractivity contribution in [1.82, 2.24) is 0 Å². The van der Waals surface area contributed by atoms with E-state index in [0.717, 1.165) is 5.56 Å². The van der Waals surface area contributed by atoms with Gasteiger partial charge in [0.25, 0.3) is 0 Å². The van der Waals surface area contributed by atoms with Crippen LogP contribution in [0.25, 0.3) is 0 Å². The van der Waals surface area contributed by atoms with Crippen LogP contribution in [-0.2, 0) is 10.2 Å². The zero-order valence-corrected chi connectivity index (χ0v) is 10.0. The Balaban J connectivity index is 3.25. The van der Waals surface area contributed by atoms with E-state index < -0.39 is 10.7 Å². The molecular formula is C10H9Cl3O. The van der Waals surface area contributed by atoms with Crippen molar-refractivity contribution in [3.8, 4) is 0 Å². The minimum Gasteiger partial charge on any atom is -0.280 e. The highest BCUT2D eigenvalue weighted by atomic mass is 35.5. The standard InChI is InChI=1S/C10H9Cl3O/c1-10(2,9(13)14)6-3-7(11)5-8(12)4-6/h3-5H,1-2H3. The van der Waals surface area contributed by atoms with E-state index in [4.69, 9.17) is 34.8 Å². The molecule has 1 aromatic carbocycles. The van der Waals surface area contributed by atoms with Crippen LogP contribution in [0, 0.1) is 0 Å². The molecule has 0 aliphatic rings. The molecule has 0 N–H and O–H groups in total. The second-order valence-electron chi connectivity index (χ2n) is 3.56. The number of carbonyl (C=O) groups excluding carboxylic acids is 1. The molecule has 0 fully saturated rings. The molecule has 0 aromatic heterocycles. The van der Waals surface area contributed by atoms with Gasteiger partial charge < -0.3 is 0 Å². The van der Waals surface area contributed by atoms with Crippen molar-refractivity contribution in [3.63, 3.8) is 0 Å². The summed E-state index contributed by atoms with van der Waals surface area (Å²) in [6.45, 7) is 3.45. The van der Waals surface area contributed by atoms with E-state index in [9.17, 15) is 4.79 Å². The third-order valence-corrected chi connectivity index (χ3v) is 2.98. The van der Waals surface area contributed by atoms with Crippen molar-refractivity contribution < 1.29 is 4.79 Å². The number of rotatable bonds is 2. The molecule has 0 atom stereocenters. The minimum atomic E-state index is -0.768. The molecule has 1 aromatic rings. The summed E-state index contributed by atoms with van der Waals surface area (Å²) in [6.07, 6.45) is 0. The molecule has 0 saturated carbocycles. The lowest BCUT2D eigenvalue weighted by Crippen LogP contribution is -2.24. The Morgan fingerprint density at radius 2 is 1.57 bits per heavy atom. The Morgan fingerprint density at radius 1 is 1.14 bits per heavy atom. The minimum absolute atomic E-state index is 0.434. The van der Waals surface area contributed by atoms with Crippen LogP contribution in [0.15, 0.2) is 18.2 Å².